The van der Waals surface area contributed by atoms with E-state index >= 15 is 0 Å². The molecule has 24 heavy (non-hydrogen) atoms. The molecule has 1 fully saturated rings. The maximum Gasteiger partial charge on any atom is 0.323 e. The normalized spacial score (nSPS) is 17.3. The van der Waals surface area contributed by atoms with E-state index in [1.165, 1.54) is 11.1 Å². The number of thioether (sulfide) groups is 1. The number of carbonyl (C=O) groups is 1. The summed E-state index contributed by atoms with van der Waals surface area (Å²) in [4.78, 5) is 14.6. The van der Waals surface area contributed by atoms with Crippen LogP contribution in [-0.4, -0.2) is 23.2 Å². The first kappa shape index (κ1) is 16.9. The summed E-state index contributed by atoms with van der Waals surface area (Å²) in [7, 11) is 0. The van der Waals surface area contributed by atoms with Crippen LogP contribution in [0.25, 0.3) is 0 Å². The van der Waals surface area contributed by atoms with E-state index in [1.807, 2.05) is 47.9 Å². The summed E-state index contributed by atoms with van der Waals surface area (Å²) in [6.07, 6.45) is 0. The van der Waals surface area contributed by atoms with Gasteiger partial charge in [0.2, 0.25) is 0 Å². The van der Waals surface area contributed by atoms with Crippen LogP contribution < -0.4 is 5.32 Å². The van der Waals surface area contributed by atoms with Gasteiger partial charge in [0.15, 0.2) is 0 Å². The Kier molecular flexibility index (Phi) is 5.14. The summed E-state index contributed by atoms with van der Waals surface area (Å²) in [5.41, 5.74) is 4.52. The van der Waals surface area contributed by atoms with Gasteiger partial charge in [0.05, 0.1) is 0 Å². The van der Waals surface area contributed by atoms with Crippen LogP contribution in [0, 0.1) is 6.92 Å². The SMILES string of the molecule is Cc1cccc(NC(=O)N2CCS[C@@H]2c2ccc(C(C)C)cc2)c1. The number of hydrogen-bond donors (Lipinski definition) is 1. The van der Waals surface area contributed by atoms with Crippen LogP contribution in [-0.2, 0) is 0 Å². The third-order valence-electron chi connectivity index (χ3n) is 4.31. The van der Waals surface area contributed by atoms with Crippen LogP contribution in [0.5, 0.6) is 0 Å². The zero-order valence-corrected chi connectivity index (χ0v) is 15.3. The van der Waals surface area contributed by atoms with Crippen molar-refractivity contribution in [1.29, 1.82) is 0 Å². The van der Waals surface area contributed by atoms with Crippen molar-refractivity contribution < 1.29 is 4.79 Å². The molecule has 1 N–H and O–H groups in total. The fraction of sp³-hybridized carbons (Fsp3) is 0.350. The number of nitrogens with one attached hydrogen (secondary N) is 1. The lowest BCUT2D eigenvalue weighted by Crippen LogP contribution is -2.34. The predicted octanol–water partition coefficient (Wildman–Crippen LogP) is 5.40. The Morgan fingerprint density at radius 1 is 1.21 bits per heavy atom. The van der Waals surface area contributed by atoms with Gasteiger partial charge in [-0.25, -0.2) is 4.79 Å². The van der Waals surface area contributed by atoms with Crippen molar-refractivity contribution in [3.05, 3.63) is 65.2 Å². The van der Waals surface area contributed by atoms with Crippen molar-refractivity contribution in [2.45, 2.75) is 32.1 Å². The minimum absolute atomic E-state index is 0.0245. The number of benzene rings is 2. The summed E-state index contributed by atoms with van der Waals surface area (Å²) >= 11 is 1.82. The zero-order chi connectivity index (χ0) is 17.1. The molecule has 0 aromatic heterocycles. The van der Waals surface area contributed by atoms with Crippen LogP contribution in [0.3, 0.4) is 0 Å². The third-order valence-corrected chi connectivity index (χ3v) is 5.57. The molecule has 1 aliphatic rings. The second-order valence-corrected chi connectivity index (χ2v) is 7.73. The van der Waals surface area contributed by atoms with E-state index in [4.69, 9.17) is 0 Å². The van der Waals surface area contributed by atoms with Crippen molar-refractivity contribution in [2.24, 2.45) is 0 Å². The lowest BCUT2D eigenvalue weighted by Gasteiger charge is -2.25. The van der Waals surface area contributed by atoms with Crippen LogP contribution >= 0.6 is 11.8 Å². The summed E-state index contributed by atoms with van der Waals surface area (Å²) < 4.78 is 0. The van der Waals surface area contributed by atoms with E-state index < -0.39 is 0 Å². The summed E-state index contributed by atoms with van der Waals surface area (Å²) in [5.74, 6) is 1.49. The number of anilines is 1. The van der Waals surface area contributed by atoms with Gasteiger partial charge in [-0.1, -0.05) is 50.2 Å². The minimum atomic E-state index is -0.0245. The highest BCUT2D eigenvalue weighted by molar-refractivity contribution is 7.99. The molecule has 1 saturated heterocycles. The quantitative estimate of drug-likeness (QED) is 0.811. The molecule has 2 aromatic rings. The molecule has 3 rings (SSSR count). The monoisotopic (exact) mass is 340 g/mol. The molecule has 3 nitrogen and oxygen atoms in total. The van der Waals surface area contributed by atoms with Gasteiger partial charge >= 0.3 is 6.03 Å². The first-order valence-corrected chi connectivity index (χ1v) is 9.45. The number of nitrogens with zero attached hydrogens (tertiary/aromatic N) is 1. The summed E-state index contributed by atoms with van der Waals surface area (Å²) in [5, 5.41) is 3.12. The lowest BCUT2D eigenvalue weighted by atomic mass is 10.0. The van der Waals surface area contributed by atoms with E-state index in [-0.39, 0.29) is 11.4 Å². The van der Waals surface area contributed by atoms with Gasteiger partial charge in [-0.2, -0.15) is 0 Å². The molecule has 0 bridgehead atoms. The lowest BCUT2D eigenvalue weighted by molar-refractivity contribution is 0.214. The van der Waals surface area contributed by atoms with Crippen molar-refractivity contribution in [3.8, 4) is 0 Å². The molecule has 0 aliphatic carbocycles. The fourth-order valence-electron chi connectivity index (χ4n) is 2.92. The van der Waals surface area contributed by atoms with Gasteiger partial charge in [0.25, 0.3) is 0 Å². The Bertz CT molecular complexity index is 712. The smallest absolute Gasteiger partial charge is 0.308 e. The molecule has 0 radical (unpaired) electrons. The number of aryl methyl sites for hydroxylation is 1. The van der Waals surface area contributed by atoms with E-state index in [0.717, 1.165) is 23.5 Å². The average molecular weight is 340 g/mol. The summed E-state index contributed by atoms with van der Waals surface area (Å²) in [6, 6.07) is 16.6. The molecule has 0 unspecified atom stereocenters. The van der Waals surface area contributed by atoms with Gasteiger partial charge in [-0.15, -0.1) is 11.8 Å². The van der Waals surface area contributed by atoms with Crippen molar-refractivity contribution >= 4 is 23.5 Å². The Labute approximate surface area is 148 Å². The predicted molar refractivity (Wildman–Crippen MR) is 103 cm³/mol. The summed E-state index contributed by atoms with van der Waals surface area (Å²) in [6.45, 7) is 7.20. The van der Waals surface area contributed by atoms with Crippen molar-refractivity contribution in [3.63, 3.8) is 0 Å². The van der Waals surface area contributed by atoms with E-state index in [0.29, 0.717) is 5.92 Å². The molecule has 1 aliphatic heterocycles. The van der Waals surface area contributed by atoms with Gasteiger partial charge < -0.3 is 10.2 Å². The molecular formula is C20H24N2OS. The molecule has 4 heteroatoms. The Hall–Kier alpha value is -1.94. The van der Waals surface area contributed by atoms with Crippen LogP contribution in [0.2, 0.25) is 0 Å². The maximum absolute atomic E-state index is 12.7. The molecule has 126 valence electrons. The van der Waals surface area contributed by atoms with E-state index in [1.54, 1.807) is 0 Å². The topological polar surface area (TPSA) is 32.3 Å². The van der Waals surface area contributed by atoms with Crippen molar-refractivity contribution in [2.75, 3.05) is 17.6 Å². The highest BCUT2D eigenvalue weighted by Crippen LogP contribution is 2.38. The van der Waals surface area contributed by atoms with Gasteiger partial charge in [-0.3, -0.25) is 0 Å². The molecule has 2 aromatic carbocycles. The first-order chi connectivity index (χ1) is 11.5. The number of carbonyl (C=O) groups excluding carboxylic acids is 1. The highest BCUT2D eigenvalue weighted by Gasteiger charge is 2.30. The molecule has 1 heterocycles. The van der Waals surface area contributed by atoms with E-state index in [2.05, 4.69) is 43.4 Å². The molecule has 1 atom stereocenters. The molecular weight excluding hydrogens is 316 g/mol. The number of hydrogen-bond acceptors (Lipinski definition) is 2. The molecule has 2 amide bonds. The number of amides is 2. The maximum atomic E-state index is 12.7. The zero-order valence-electron chi connectivity index (χ0n) is 14.5. The Morgan fingerprint density at radius 2 is 1.96 bits per heavy atom. The number of rotatable bonds is 3. The largest absolute Gasteiger partial charge is 0.323 e. The second kappa shape index (κ2) is 7.31. The highest BCUT2D eigenvalue weighted by atomic mass is 32.2. The Balaban J connectivity index is 1.73. The number of urea groups is 1. The van der Waals surface area contributed by atoms with Crippen molar-refractivity contribution in [1.82, 2.24) is 4.90 Å². The van der Waals surface area contributed by atoms with Crippen LogP contribution in [0.4, 0.5) is 10.5 Å². The van der Waals surface area contributed by atoms with E-state index in [9.17, 15) is 4.79 Å². The van der Waals surface area contributed by atoms with Gasteiger partial charge in [0.1, 0.15) is 5.37 Å². The fourth-order valence-corrected chi connectivity index (χ4v) is 4.17. The third kappa shape index (κ3) is 3.75. The van der Waals surface area contributed by atoms with Gasteiger partial charge in [0, 0.05) is 18.0 Å². The second-order valence-electron chi connectivity index (χ2n) is 6.54. The first-order valence-electron chi connectivity index (χ1n) is 8.40. The average Bonchev–Trinajstić information content (AvgIpc) is 3.04. The standard InChI is InChI=1S/C20H24N2OS/c1-14(2)16-7-9-17(10-8-16)19-22(11-12-24-19)20(23)21-18-6-4-5-15(3)13-18/h4-10,13-14,19H,11-12H2,1-3H3,(H,21,23)/t19-/m1/s1. The molecule has 0 saturated carbocycles. The van der Waals surface area contributed by atoms with Crippen LogP contribution in [0.1, 0.15) is 41.8 Å². The Morgan fingerprint density at radius 3 is 2.62 bits per heavy atom. The molecule has 0 spiro atoms. The van der Waals surface area contributed by atoms with Crippen LogP contribution in [0.15, 0.2) is 48.5 Å². The minimum Gasteiger partial charge on any atom is -0.308 e. The van der Waals surface area contributed by atoms with Gasteiger partial charge in [-0.05, 0) is 41.7 Å².